The van der Waals surface area contributed by atoms with Crippen molar-refractivity contribution in [2.24, 2.45) is 0 Å². The number of hydrogen-bond acceptors (Lipinski definition) is 1. The van der Waals surface area contributed by atoms with Crippen LogP contribution in [0.15, 0.2) is 48.5 Å². The van der Waals surface area contributed by atoms with Gasteiger partial charge in [-0.15, -0.1) is 0 Å². The van der Waals surface area contributed by atoms with Crippen molar-refractivity contribution < 1.29 is 4.39 Å². The molecule has 2 rings (SSSR count). The second-order valence-corrected chi connectivity index (χ2v) is 3.96. The number of rotatable bonds is 4. The number of nitrogens with one attached hydrogen (secondary N) is 1. The molecule has 0 unspecified atom stereocenters. The molecule has 0 aliphatic heterocycles. The summed E-state index contributed by atoms with van der Waals surface area (Å²) >= 11 is 0. The van der Waals surface area contributed by atoms with Gasteiger partial charge in [-0.1, -0.05) is 43.3 Å². The topological polar surface area (TPSA) is 12.0 Å². The molecule has 0 spiro atoms. The molecule has 0 heterocycles. The molecular weight excluding hydrogens is 213 g/mol. The second kappa shape index (κ2) is 5.60. The van der Waals surface area contributed by atoms with Crippen LogP contribution in [0, 0.1) is 5.82 Å². The van der Waals surface area contributed by atoms with Gasteiger partial charge in [0.2, 0.25) is 0 Å². The van der Waals surface area contributed by atoms with Crippen LogP contribution in [0.4, 0.5) is 4.39 Å². The zero-order chi connectivity index (χ0) is 12.1. The molecule has 2 aromatic carbocycles. The molecule has 0 fully saturated rings. The molecule has 0 atom stereocenters. The summed E-state index contributed by atoms with van der Waals surface area (Å²) in [7, 11) is 0. The molecule has 0 bridgehead atoms. The summed E-state index contributed by atoms with van der Waals surface area (Å²) in [5.41, 5.74) is 2.69. The molecule has 0 radical (unpaired) electrons. The summed E-state index contributed by atoms with van der Waals surface area (Å²) < 4.78 is 13.8. The van der Waals surface area contributed by atoms with Crippen LogP contribution in [-0.2, 0) is 6.54 Å². The zero-order valence-electron chi connectivity index (χ0n) is 9.91. The Balaban J connectivity index is 2.33. The first kappa shape index (κ1) is 11.8. The molecule has 17 heavy (non-hydrogen) atoms. The highest BCUT2D eigenvalue weighted by atomic mass is 19.1. The van der Waals surface area contributed by atoms with Crippen LogP contribution in [0.2, 0.25) is 0 Å². The molecule has 88 valence electrons. The van der Waals surface area contributed by atoms with E-state index in [1.807, 2.05) is 42.5 Å². The predicted molar refractivity (Wildman–Crippen MR) is 69.2 cm³/mol. The lowest BCUT2D eigenvalue weighted by Gasteiger charge is -2.07. The third-order valence-electron chi connectivity index (χ3n) is 2.69. The highest BCUT2D eigenvalue weighted by Crippen LogP contribution is 2.23. The van der Waals surface area contributed by atoms with Gasteiger partial charge in [-0.25, -0.2) is 4.39 Å². The van der Waals surface area contributed by atoms with Crippen LogP contribution in [0.1, 0.15) is 12.5 Å². The van der Waals surface area contributed by atoms with Crippen molar-refractivity contribution in [3.05, 3.63) is 59.9 Å². The standard InChI is InChI=1S/C15H16FN/c1-2-17-11-12-8-9-15(16)14(10-12)13-6-4-3-5-7-13/h3-10,17H,2,11H2,1H3. The monoisotopic (exact) mass is 229 g/mol. The maximum absolute atomic E-state index is 13.8. The normalized spacial score (nSPS) is 10.5. The lowest BCUT2D eigenvalue weighted by atomic mass is 10.0. The van der Waals surface area contributed by atoms with E-state index in [1.54, 1.807) is 0 Å². The fourth-order valence-electron chi connectivity index (χ4n) is 1.79. The van der Waals surface area contributed by atoms with Crippen molar-refractivity contribution in [3.8, 4) is 11.1 Å². The first-order chi connectivity index (χ1) is 8.31. The largest absolute Gasteiger partial charge is 0.313 e. The second-order valence-electron chi connectivity index (χ2n) is 3.96. The van der Waals surface area contributed by atoms with Crippen molar-refractivity contribution in [2.45, 2.75) is 13.5 Å². The first-order valence-electron chi connectivity index (χ1n) is 5.86. The number of halogens is 1. The highest BCUT2D eigenvalue weighted by Gasteiger charge is 2.05. The maximum Gasteiger partial charge on any atom is 0.131 e. The third-order valence-corrected chi connectivity index (χ3v) is 2.69. The summed E-state index contributed by atoms with van der Waals surface area (Å²) in [6, 6.07) is 14.9. The van der Waals surface area contributed by atoms with Crippen molar-refractivity contribution in [3.63, 3.8) is 0 Å². The third kappa shape index (κ3) is 2.92. The molecule has 0 aromatic heterocycles. The lowest BCUT2D eigenvalue weighted by Crippen LogP contribution is -2.11. The van der Waals surface area contributed by atoms with E-state index < -0.39 is 0 Å². The van der Waals surface area contributed by atoms with Crippen LogP contribution in [0.3, 0.4) is 0 Å². The van der Waals surface area contributed by atoms with Gasteiger partial charge in [-0.2, -0.15) is 0 Å². The van der Waals surface area contributed by atoms with Crippen LogP contribution < -0.4 is 5.32 Å². The molecule has 2 aromatic rings. The van der Waals surface area contributed by atoms with Gasteiger partial charge in [0, 0.05) is 12.1 Å². The number of hydrogen-bond donors (Lipinski definition) is 1. The Bertz CT molecular complexity index is 480. The van der Waals surface area contributed by atoms with Crippen LogP contribution in [0.25, 0.3) is 11.1 Å². The van der Waals surface area contributed by atoms with Crippen LogP contribution in [-0.4, -0.2) is 6.54 Å². The van der Waals surface area contributed by atoms with Gasteiger partial charge < -0.3 is 5.32 Å². The van der Waals surface area contributed by atoms with Gasteiger partial charge in [0.05, 0.1) is 0 Å². The van der Waals surface area contributed by atoms with Crippen LogP contribution >= 0.6 is 0 Å². The fourth-order valence-corrected chi connectivity index (χ4v) is 1.79. The van der Waals surface area contributed by atoms with Crippen molar-refractivity contribution >= 4 is 0 Å². The summed E-state index contributed by atoms with van der Waals surface area (Å²) in [5.74, 6) is -0.170. The van der Waals surface area contributed by atoms with E-state index in [9.17, 15) is 4.39 Å². The Morgan fingerprint density at radius 1 is 1.06 bits per heavy atom. The summed E-state index contributed by atoms with van der Waals surface area (Å²) in [6.45, 7) is 3.75. The summed E-state index contributed by atoms with van der Waals surface area (Å²) in [4.78, 5) is 0. The maximum atomic E-state index is 13.8. The number of benzene rings is 2. The van der Waals surface area contributed by atoms with E-state index in [1.165, 1.54) is 6.07 Å². The first-order valence-corrected chi connectivity index (χ1v) is 5.86. The average Bonchev–Trinajstić information content (AvgIpc) is 2.39. The van der Waals surface area contributed by atoms with E-state index in [2.05, 4.69) is 12.2 Å². The molecule has 0 saturated carbocycles. The quantitative estimate of drug-likeness (QED) is 0.844. The SMILES string of the molecule is CCNCc1ccc(F)c(-c2ccccc2)c1. The Labute approximate surface area is 101 Å². The molecule has 2 heteroatoms. The minimum absolute atomic E-state index is 0.170. The zero-order valence-corrected chi connectivity index (χ0v) is 9.91. The highest BCUT2D eigenvalue weighted by molar-refractivity contribution is 5.64. The minimum Gasteiger partial charge on any atom is -0.313 e. The van der Waals surface area contributed by atoms with Gasteiger partial charge in [0.25, 0.3) is 0 Å². The minimum atomic E-state index is -0.170. The Morgan fingerprint density at radius 2 is 1.82 bits per heavy atom. The lowest BCUT2D eigenvalue weighted by molar-refractivity contribution is 0.629. The predicted octanol–water partition coefficient (Wildman–Crippen LogP) is 3.60. The molecule has 0 saturated heterocycles. The van der Waals surface area contributed by atoms with E-state index in [0.29, 0.717) is 5.56 Å². The van der Waals surface area contributed by atoms with E-state index in [0.717, 1.165) is 24.2 Å². The van der Waals surface area contributed by atoms with Gasteiger partial charge in [-0.3, -0.25) is 0 Å². The van der Waals surface area contributed by atoms with Crippen molar-refractivity contribution in [1.29, 1.82) is 0 Å². The van der Waals surface area contributed by atoms with Gasteiger partial charge in [0.1, 0.15) is 5.82 Å². The van der Waals surface area contributed by atoms with Crippen molar-refractivity contribution in [2.75, 3.05) is 6.54 Å². The molecule has 1 nitrogen and oxygen atoms in total. The van der Waals surface area contributed by atoms with E-state index in [-0.39, 0.29) is 5.82 Å². The van der Waals surface area contributed by atoms with Gasteiger partial charge in [-0.05, 0) is 29.8 Å². The van der Waals surface area contributed by atoms with Crippen molar-refractivity contribution in [1.82, 2.24) is 5.32 Å². The van der Waals surface area contributed by atoms with Gasteiger partial charge in [0.15, 0.2) is 0 Å². The molecule has 1 N–H and O–H groups in total. The average molecular weight is 229 g/mol. The molecule has 0 aliphatic rings. The van der Waals surface area contributed by atoms with E-state index >= 15 is 0 Å². The Kier molecular flexibility index (Phi) is 3.89. The van der Waals surface area contributed by atoms with Crippen LogP contribution in [0.5, 0.6) is 0 Å². The summed E-state index contributed by atoms with van der Waals surface area (Å²) in [6.07, 6.45) is 0. The van der Waals surface area contributed by atoms with E-state index in [4.69, 9.17) is 0 Å². The smallest absolute Gasteiger partial charge is 0.131 e. The van der Waals surface area contributed by atoms with Gasteiger partial charge >= 0.3 is 0 Å². The fraction of sp³-hybridized carbons (Fsp3) is 0.200. The Hall–Kier alpha value is -1.67. The molecule has 0 amide bonds. The summed E-state index contributed by atoms with van der Waals surface area (Å²) in [5, 5.41) is 3.24. The Morgan fingerprint density at radius 3 is 2.53 bits per heavy atom. The molecule has 0 aliphatic carbocycles. The molecular formula is C15H16FN.